The number of hydrogen-bond donors (Lipinski definition) is 4. The van der Waals surface area contributed by atoms with Crippen molar-refractivity contribution in [1.29, 1.82) is 0 Å². The maximum Gasteiger partial charge on any atom is 0.414 e. The molecule has 2 aromatic rings. The van der Waals surface area contributed by atoms with Gasteiger partial charge < -0.3 is 26.2 Å². The molecule has 2 saturated heterocycles. The van der Waals surface area contributed by atoms with E-state index < -0.39 is 52.4 Å². The van der Waals surface area contributed by atoms with Crippen LogP contribution < -0.4 is 21.3 Å². The highest BCUT2D eigenvalue weighted by Gasteiger charge is 2.44. The number of rotatable bonds is 9. The van der Waals surface area contributed by atoms with Crippen LogP contribution in [0.1, 0.15) is 56.1 Å². The van der Waals surface area contributed by atoms with Crippen molar-refractivity contribution >= 4 is 23.5 Å². The fourth-order valence-electron chi connectivity index (χ4n) is 5.06. The maximum absolute atomic E-state index is 15.4. The predicted octanol–water partition coefficient (Wildman–Crippen LogP) is 2.87. The van der Waals surface area contributed by atoms with E-state index in [0.717, 1.165) is 36.5 Å². The summed E-state index contributed by atoms with van der Waals surface area (Å²) in [6, 6.07) is 2.36. The molecule has 234 valence electrons. The number of piperidine rings is 1. The summed E-state index contributed by atoms with van der Waals surface area (Å²) in [6.45, 7) is 5.28. The third-order valence-corrected chi connectivity index (χ3v) is 7.45. The number of nitrogens with zero attached hydrogens (tertiary/aromatic N) is 3. The van der Waals surface area contributed by atoms with Gasteiger partial charge in [0, 0.05) is 31.3 Å². The lowest BCUT2D eigenvalue weighted by Gasteiger charge is -2.37. The SMILES string of the molecule is CC1(C)NCCN(CC(=O)Nc2ccc(C(F)(F)c3cccc(C(NC(=O)CC4CCNCC4)C(F)(F)F)n3)cn2)C1=O. The summed E-state index contributed by atoms with van der Waals surface area (Å²) in [7, 11) is 0. The van der Waals surface area contributed by atoms with Crippen molar-refractivity contribution in [1.82, 2.24) is 30.8 Å². The second-order valence-corrected chi connectivity index (χ2v) is 11.2. The van der Waals surface area contributed by atoms with Crippen molar-refractivity contribution in [2.75, 3.05) is 38.0 Å². The minimum atomic E-state index is -4.98. The van der Waals surface area contributed by atoms with Gasteiger partial charge in [0.25, 0.3) is 0 Å². The topological polar surface area (TPSA) is 128 Å². The molecular formula is C28H34F5N7O3. The maximum atomic E-state index is 15.4. The van der Waals surface area contributed by atoms with Crippen molar-refractivity contribution in [2.45, 2.75) is 56.8 Å². The van der Waals surface area contributed by atoms with Gasteiger partial charge in [-0.05, 0) is 70.0 Å². The number of piperazine rings is 1. The molecule has 1 unspecified atom stereocenters. The van der Waals surface area contributed by atoms with Crippen molar-refractivity contribution in [3.8, 4) is 0 Å². The first-order valence-electron chi connectivity index (χ1n) is 13.9. The fraction of sp³-hybridized carbons (Fsp3) is 0.536. The van der Waals surface area contributed by atoms with E-state index in [2.05, 4.69) is 25.9 Å². The first kappa shape index (κ1) is 32.2. The highest BCUT2D eigenvalue weighted by atomic mass is 19.4. The van der Waals surface area contributed by atoms with Crippen LogP contribution >= 0.6 is 0 Å². The van der Waals surface area contributed by atoms with E-state index >= 15 is 8.78 Å². The summed E-state index contributed by atoms with van der Waals surface area (Å²) in [5.41, 5.74) is -3.24. The van der Waals surface area contributed by atoms with Crippen LogP contribution in [0.15, 0.2) is 36.5 Å². The summed E-state index contributed by atoms with van der Waals surface area (Å²) in [6.07, 6.45) is -3.01. The second kappa shape index (κ2) is 12.9. The summed E-state index contributed by atoms with van der Waals surface area (Å²) in [4.78, 5) is 46.2. The Morgan fingerprint density at radius 2 is 1.79 bits per heavy atom. The Kier molecular flexibility index (Phi) is 9.64. The monoisotopic (exact) mass is 611 g/mol. The van der Waals surface area contributed by atoms with Gasteiger partial charge in [0.2, 0.25) is 17.7 Å². The van der Waals surface area contributed by atoms with Gasteiger partial charge in [-0.25, -0.2) is 9.97 Å². The molecule has 0 saturated carbocycles. The van der Waals surface area contributed by atoms with Gasteiger partial charge in [-0.15, -0.1) is 0 Å². The molecule has 4 N–H and O–H groups in total. The Balaban J connectivity index is 1.44. The first-order chi connectivity index (χ1) is 20.2. The largest absolute Gasteiger partial charge is 0.414 e. The first-order valence-corrected chi connectivity index (χ1v) is 13.9. The molecule has 0 bridgehead atoms. The zero-order chi connectivity index (χ0) is 31.4. The highest BCUT2D eigenvalue weighted by Crippen LogP contribution is 2.37. The zero-order valence-electron chi connectivity index (χ0n) is 23.7. The van der Waals surface area contributed by atoms with Crippen LogP contribution in [0.4, 0.5) is 27.8 Å². The molecule has 1 atom stereocenters. The number of pyridine rings is 2. The average molecular weight is 612 g/mol. The number of carbonyl (C=O) groups excluding carboxylic acids is 3. The quantitative estimate of drug-likeness (QED) is 0.321. The summed E-state index contributed by atoms with van der Waals surface area (Å²) in [5, 5.41) is 10.5. The molecule has 3 amide bonds. The number of nitrogens with one attached hydrogen (secondary N) is 4. The molecule has 2 fully saturated rings. The predicted molar refractivity (Wildman–Crippen MR) is 146 cm³/mol. The van der Waals surface area contributed by atoms with Crippen LogP contribution in [-0.4, -0.2) is 77.0 Å². The lowest BCUT2D eigenvalue weighted by Crippen LogP contribution is -2.62. The van der Waals surface area contributed by atoms with E-state index in [1.807, 2.05) is 5.32 Å². The van der Waals surface area contributed by atoms with E-state index in [1.54, 1.807) is 13.8 Å². The van der Waals surface area contributed by atoms with Crippen LogP contribution in [0.5, 0.6) is 0 Å². The lowest BCUT2D eigenvalue weighted by molar-refractivity contribution is -0.164. The van der Waals surface area contributed by atoms with Gasteiger partial charge >= 0.3 is 12.1 Å². The summed E-state index contributed by atoms with van der Waals surface area (Å²) in [5.74, 6) is -5.65. The van der Waals surface area contributed by atoms with E-state index in [1.165, 1.54) is 4.90 Å². The van der Waals surface area contributed by atoms with Gasteiger partial charge in [0.1, 0.15) is 18.1 Å². The molecule has 2 aliphatic rings. The molecule has 2 aromatic heterocycles. The van der Waals surface area contributed by atoms with Crippen LogP contribution in [0.2, 0.25) is 0 Å². The van der Waals surface area contributed by atoms with E-state index in [0.29, 0.717) is 39.0 Å². The molecule has 15 heteroatoms. The van der Waals surface area contributed by atoms with E-state index in [-0.39, 0.29) is 30.6 Å². The molecule has 2 aliphatic heterocycles. The number of anilines is 1. The van der Waals surface area contributed by atoms with E-state index in [9.17, 15) is 27.6 Å². The average Bonchev–Trinajstić information content (AvgIpc) is 2.94. The summed E-state index contributed by atoms with van der Waals surface area (Å²) >= 11 is 0. The number of halogens is 5. The molecule has 0 radical (unpaired) electrons. The fourth-order valence-corrected chi connectivity index (χ4v) is 5.06. The van der Waals surface area contributed by atoms with Gasteiger partial charge in [0.15, 0.2) is 6.04 Å². The Bertz CT molecular complexity index is 1310. The molecule has 43 heavy (non-hydrogen) atoms. The summed E-state index contributed by atoms with van der Waals surface area (Å²) < 4.78 is 72.6. The molecular weight excluding hydrogens is 577 g/mol. The zero-order valence-corrected chi connectivity index (χ0v) is 23.7. The Morgan fingerprint density at radius 3 is 2.44 bits per heavy atom. The number of carbonyl (C=O) groups is 3. The molecule has 4 rings (SSSR count). The molecule has 10 nitrogen and oxygen atoms in total. The lowest BCUT2D eigenvalue weighted by atomic mass is 9.94. The van der Waals surface area contributed by atoms with Crippen molar-refractivity contribution in [3.05, 3.63) is 53.5 Å². The smallest absolute Gasteiger partial charge is 0.340 e. The van der Waals surface area contributed by atoms with Gasteiger partial charge in [-0.2, -0.15) is 22.0 Å². The minimum Gasteiger partial charge on any atom is -0.340 e. The third kappa shape index (κ3) is 8.02. The van der Waals surface area contributed by atoms with Gasteiger partial charge in [-0.1, -0.05) is 6.07 Å². The molecule has 0 aromatic carbocycles. The number of amides is 3. The van der Waals surface area contributed by atoms with E-state index in [4.69, 9.17) is 0 Å². The normalized spacial score (nSPS) is 18.7. The van der Waals surface area contributed by atoms with Gasteiger partial charge in [-0.3, -0.25) is 14.4 Å². The molecule has 0 spiro atoms. The number of alkyl halides is 5. The van der Waals surface area contributed by atoms with Gasteiger partial charge in [0.05, 0.1) is 11.2 Å². The minimum absolute atomic E-state index is 0.0540. The third-order valence-electron chi connectivity index (χ3n) is 7.45. The van der Waals surface area contributed by atoms with Crippen molar-refractivity contribution in [2.24, 2.45) is 5.92 Å². The van der Waals surface area contributed by atoms with Crippen LogP contribution in [-0.2, 0) is 20.3 Å². The second-order valence-electron chi connectivity index (χ2n) is 11.2. The van der Waals surface area contributed by atoms with Crippen molar-refractivity contribution < 1.29 is 36.3 Å². The Morgan fingerprint density at radius 1 is 1.07 bits per heavy atom. The molecule has 0 aliphatic carbocycles. The van der Waals surface area contributed by atoms with Crippen LogP contribution in [0, 0.1) is 5.92 Å². The standard InChI is InChI=1S/C28H34F5N7O3/c1-26(2)25(43)40(13-12-36-26)16-23(42)38-21-7-6-18(15-35-21)27(29,30)20-5-3-4-19(37-20)24(28(31,32)33)39-22(41)14-17-8-10-34-11-9-17/h3-7,15,17,24,34,36H,8-14,16H2,1-2H3,(H,39,41)(H,35,38,42). The van der Waals surface area contributed by atoms with Crippen LogP contribution in [0.3, 0.4) is 0 Å². The number of hydrogen-bond acceptors (Lipinski definition) is 7. The Hall–Kier alpha value is -3.72. The van der Waals surface area contributed by atoms with Crippen LogP contribution in [0.25, 0.3) is 0 Å². The Labute approximate surface area is 245 Å². The van der Waals surface area contributed by atoms with Crippen molar-refractivity contribution in [3.63, 3.8) is 0 Å². The highest BCUT2D eigenvalue weighted by molar-refractivity contribution is 5.95. The molecule has 4 heterocycles. The number of aromatic nitrogens is 2.